The van der Waals surface area contributed by atoms with E-state index in [2.05, 4.69) is 29.6 Å². The second-order valence-electron chi connectivity index (χ2n) is 9.49. The Labute approximate surface area is 226 Å². The molecule has 0 radical (unpaired) electrons. The number of hydrogen-bond donors (Lipinski definition) is 1. The number of nitrogens with one attached hydrogen (secondary N) is 1. The maximum atomic E-state index is 13.2. The third-order valence-electron chi connectivity index (χ3n) is 6.94. The molecule has 0 saturated carbocycles. The number of benzene rings is 3. The van der Waals surface area contributed by atoms with Crippen molar-refractivity contribution in [3.63, 3.8) is 0 Å². The SMILES string of the molecule is COCCN(CCC(=O)c1cc2c(cc1NC(C)=O)COO2)C(=O)OCC1c2ccccc2-c2ccccc21. The van der Waals surface area contributed by atoms with Crippen LogP contribution in [0.25, 0.3) is 11.1 Å². The largest absolute Gasteiger partial charge is 0.448 e. The Balaban J connectivity index is 1.27. The van der Waals surface area contributed by atoms with Gasteiger partial charge in [0.15, 0.2) is 11.5 Å². The van der Waals surface area contributed by atoms with E-state index in [1.54, 1.807) is 19.2 Å². The van der Waals surface area contributed by atoms with Crippen LogP contribution in [-0.4, -0.2) is 56.1 Å². The number of ketones is 1. The number of carbonyl (C=O) groups excluding carboxylic acids is 3. The van der Waals surface area contributed by atoms with Crippen LogP contribution in [0.4, 0.5) is 10.5 Å². The molecule has 202 valence electrons. The van der Waals surface area contributed by atoms with E-state index in [-0.39, 0.29) is 55.9 Å². The van der Waals surface area contributed by atoms with E-state index in [1.807, 2.05) is 24.3 Å². The minimum absolute atomic E-state index is 0.0140. The van der Waals surface area contributed by atoms with E-state index < -0.39 is 6.09 Å². The third-order valence-corrected chi connectivity index (χ3v) is 6.94. The number of amides is 2. The van der Waals surface area contributed by atoms with Gasteiger partial charge >= 0.3 is 6.09 Å². The van der Waals surface area contributed by atoms with Crippen LogP contribution in [0.15, 0.2) is 60.7 Å². The average Bonchev–Trinajstić information content (AvgIpc) is 3.52. The summed E-state index contributed by atoms with van der Waals surface area (Å²) in [7, 11) is 1.55. The number of Topliss-reactive ketones (excluding diaryl/α,β-unsaturated/α-hetero) is 1. The molecule has 1 aliphatic carbocycles. The molecule has 3 aromatic rings. The zero-order valence-electron chi connectivity index (χ0n) is 21.9. The van der Waals surface area contributed by atoms with Crippen molar-refractivity contribution >= 4 is 23.5 Å². The second-order valence-corrected chi connectivity index (χ2v) is 9.49. The van der Waals surface area contributed by atoms with Crippen molar-refractivity contribution in [2.24, 2.45) is 0 Å². The first kappa shape index (κ1) is 26.4. The number of hydrogen-bond acceptors (Lipinski definition) is 7. The van der Waals surface area contributed by atoms with E-state index in [0.717, 1.165) is 27.8 Å². The number of rotatable bonds is 10. The number of carbonyl (C=O) groups is 3. The molecule has 1 heterocycles. The molecule has 1 N–H and O–H groups in total. The molecular formula is C30H30N2O7. The Morgan fingerprint density at radius 1 is 1.00 bits per heavy atom. The van der Waals surface area contributed by atoms with Gasteiger partial charge in [0, 0.05) is 50.6 Å². The van der Waals surface area contributed by atoms with Crippen LogP contribution in [-0.2, 0) is 25.8 Å². The molecular weight excluding hydrogens is 500 g/mol. The van der Waals surface area contributed by atoms with Gasteiger partial charge in [0.25, 0.3) is 0 Å². The van der Waals surface area contributed by atoms with Crippen LogP contribution in [0, 0.1) is 0 Å². The van der Waals surface area contributed by atoms with Crippen molar-refractivity contribution < 1.29 is 33.6 Å². The van der Waals surface area contributed by atoms with Crippen LogP contribution in [0.1, 0.15) is 46.3 Å². The maximum Gasteiger partial charge on any atom is 0.409 e. The molecule has 2 aliphatic rings. The number of ether oxygens (including phenoxy) is 2. The number of methoxy groups -OCH3 is 1. The summed E-state index contributed by atoms with van der Waals surface area (Å²) in [6.07, 6.45) is -0.505. The Hall–Kier alpha value is -4.21. The highest BCUT2D eigenvalue weighted by atomic mass is 17.2. The standard InChI is InChI=1S/C30H30N2O7/c1-19(33)31-27-15-20-17-38-39-29(20)16-25(27)28(34)11-12-32(13-14-36-2)30(35)37-18-26-23-9-5-3-7-21(23)22-8-4-6-10-24(22)26/h3-10,15-16,26H,11-14,17-18H2,1-2H3,(H,31,33). The molecule has 39 heavy (non-hydrogen) atoms. The Morgan fingerprint density at radius 2 is 1.69 bits per heavy atom. The second kappa shape index (κ2) is 11.7. The lowest BCUT2D eigenvalue weighted by molar-refractivity contribution is -0.194. The lowest BCUT2D eigenvalue weighted by Crippen LogP contribution is -2.36. The lowest BCUT2D eigenvalue weighted by Gasteiger charge is -2.23. The Bertz CT molecular complexity index is 1360. The summed E-state index contributed by atoms with van der Waals surface area (Å²) >= 11 is 0. The van der Waals surface area contributed by atoms with E-state index in [4.69, 9.17) is 19.2 Å². The topological polar surface area (TPSA) is 103 Å². The quantitative estimate of drug-likeness (QED) is 0.293. The smallest absolute Gasteiger partial charge is 0.409 e. The molecule has 9 nitrogen and oxygen atoms in total. The molecule has 0 saturated heterocycles. The Morgan fingerprint density at radius 3 is 2.36 bits per heavy atom. The minimum Gasteiger partial charge on any atom is -0.448 e. The van der Waals surface area contributed by atoms with E-state index in [9.17, 15) is 14.4 Å². The van der Waals surface area contributed by atoms with Crippen molar-refractivity contribution in [2.75, 3.05) is 38.7 Å². The average molecular weight is 531 g/mol. The molecule has 0 atom stereocenters. The van der Waals surface area contributed by atoms with Gasteiger partial charge < -0.3 is 24.6 Å². The van der Waals surface area contributed by atoms with Crippen molar-refractivity contribution in [1.29, 1.82) is 0 Å². The summed E-state index contributed by atoms with van der Waals surface area (Å²) in [5.41, 5.74) is 5.94. The predicted octanol–water partition coefficient (Wildman–Crippen LogP) is 4.94. The lowest BCUT2D eigenvalue weighted by atomic mass is 9.98. The number of nitrogens with zero attached hydrogens (tertiary/aromatic N) is 1. The normalized spacial score (nSPS) is 13.2. The molecule has 1 aliphatic heterocycles. The van der Waals surface area contributed by atoms with Crippen LogP contribution < -0.4 is 10.2 Å². The molecule has 0 unspecified atom stereocenters. The van der Waals surface area contributed by atoms with E-state index in [0.29, 0.717) is 18.0 Å². The van der Waals surface area contributed by atoms with Crippen molar-refractivity contribution in [1.82, 2.24) is 4.90 Å². The molecule has 2 amide bonds. The fourth-order valence-corrected chi connectivity index (χ4v) is 5.05. The van der Waals surface area contributed by atoms with Crippen LogP contribution in [0.3, 0.4) is 0 Å². The van der Waals surface area contributed by atoms with Crippen molar-refractivity contribution in [2.45, 2.75) is 25.9 Å². The van der Waals surface area contributed by atoms with Gasteiger partial charge in [-0.15, -0.1) is 0 Å². The first-order chi connectivity index (χ1) is 19.0. The predicted molar refractivity (Wildman–Crippen MR) is 144 cm³/mol. The third kappa shape index (κ3) is 5.64. The fraction of sp³-hybridized carbons (Fsp3) is 0.300. The summed E-state index contributed by atoms with van der Waals surface area (Å²) in [6, 6.07) is 19.5. The van der Waals surface area contributed by atoms with E-state index in [1.165, 1.54) is 11.8 Å². The highest BCUT2D eigenvalue weighted by Gasteiger charge is 2.30. The molecule has 0 fully saturated rings. The van der Waals surface area contributed by atoms with Gasteiger partial charge in [-0.2, -0.15) is 4.89 Å². The van der Waals surface area contributed by atoms with Gasteiger partial charge in [-0.25, -0.2) is 4.79 Å². The zero-order chi connectivity index (χ0) is 27.4. The van der Waals surface area contributed by atoms with Gasteiger partial charge in [0.2, 0.25) is 5.91 Å². The molecule has 0 aromatic heterocycles. The van der Waals surface area contributed by atoms with E-state index >= 15 is 0 Å². The monoisotopic (exact) mass is 530 g/mol. The number of anilines is 1. The van der Waals surface area contributed by atoms with Gasteiger partial charge in [-0.3, -0.25) is 9.59 Å². The minimum atomic E-state index is -0.519. The van der Waals surface area contributed by atoms with Crippen LogP contribution >= 0.6 is 0 Å². The zero-order valence-corrected chi connectivity index (χ0v) is 21.9. The summed E-state index contributed by atoms with van der Waals surface area (Å²) in [6.45, 7) is 2.45. The van der Waals surface area contributed by atoms with Gasteiger partial charge in [-0.05, 0) is 34.4 Å². The molecule has 0 bridgehead atoms. The summed E-state index contributed by atoms with van der Waals surface area (Å²) < 4.78 is 11.0. The Kier molecular flexibility index (Phi) is 7.90. The molecule has 3 aromatic carbocycles. The van der Waals surface area contributed by atoms with Crippen LogP contribution in [0.2, 0.25) is 0 Å². The first-order valence-electron chi connectivity index (χ1n) is 12.8. The van der Waals surface area contributed by atoms with Crippen molar-refractivity contribution in [3.05, 3.63) is 82.9 Å². The van der Waals surface area contributed by atoms with Crippen molar-refractivity contribution in [3.8, 4) is 16.9 Å². The molecule has 0 spiro atoms. The molecule has 9 heteroatoms. The number of fused-ring (bicyclic) bond motifs is 4. The van der Waals surface area contributed by atoms with Gasteiger partial charge in [-0.1, -0.05) is 48.5 Å². The fourth-order valence-electron chi connectivity index (χ4n) is 5.05. The summed E-state index contributed by atoms with van der Waals surface area (Å²) in [5.74, 6) is -0.198. The highest BCUT2D eigenvalue weighted by Crippen LogP contribution is 2.44. The van der Waals surface area contributed by atoms with Gasteiger partial charge in [0.05, 0.1) is 12.3 Å². The highest BCUT2D eigenvalue weighted by molar-refractivity contribution is 6.05. The summed E-state index contributed by atoms with van der Waals surface area (Å²) in [4.78, 5) is 49.7. The summed E-state index contributed by atoms with van der Waals surface area (Å²) in [5, 5.41) is 2.70. The maximum absolute atomic E-state index is 13.2. The molecule has 5 rings (SSSR count). The van der Waals surface area contributed by atoms with Crippen LogP contribution in [0.5, 0.6) is 5.75 Å². The van der Waals surface area contributed by atoms with Gasteiger partial charge in [0.1, 0.15) is 13.2 Å². The first-order valence-corrected chi connectivity index (χ1v) is 12.8.